The Bertz CT molecular complexity index is 434. The molecule has 0 fully saturated rings. The first-order valence-corrected chi connectivity index (χ1v) is 6.17. The Balaban J connectivity index is 2.11. The van der Waals surface area contributed by atoms with Crippen LogP contribution in [0.15, 0.2) is 18.2 Å². The first-order valence-electron chi connectivity index (χ1n) is 6.17. The normalized spacial score (nSPS) is 15.7. The molecular weight excluding hydrogens is 232 g/mol. The van der Waals surface area contributed by atoms with E-state index in [1.807, 2.05) is 6.92 Å². The number of anilines is 1. The quantitative estimate of drug-likeness (QED) is 0.853. The molecule has 0 saturated carbocycles. The topological polar surface area (TPSA) is 73.6 Å². The fraction of sp³-hybridized carbons (Fsp3) is 0.462. The Morgan fingerprint density at radius 2 is 2.11 bits per heavy atom. The van der Waals surface area contributed by atoms with Crippen LogP contribution in [0.1, 0.15) is 19.8 Å². The van der Waals surface area contributed by atoms with Gasteiger partial charge in [-0.05, 0) is 18.6 Å². The molecule has 1 aliphatic rings. The lowest BCUT2D eigenvalue weighted by Gasteiger charge is -2.12. The van der Waals surface area contributed by atoms with Gasteiger partial charge in [0.15, 0.2) is 11.5 Å². The van der Waals surface area contributed by atoms with Gasteiger partial charge in [-0.3, -0.25) is 4.79 Å². The van der Waals surface area contributed by atoms with E-state index >= 15 is 0 Å². The van der Waals surface area contributed by atoms with E-state index in [-0.39, 0.29) is 5.91 Å². The molecule has 0 spiro atoms. The number of rotatable bonds is 3. The van der Waals surface area contributed by atoms with Crippen LogP contribution in [-0.2, 0) is 4.79 Å². The van der Waals surface area contributed by atoms with Crippen molar-refractivity contribution in [2.24, 2.45) is 5.73 Å². The average molecular weight is 250 g/mol. The van der Waals surface area contributed by atoms with E-state index in [0.717, 1.165) is 6.42 Å². The number of carbonyl (C=O) groups excluding carboxylic acids is 1. The molecule has 1 amide bonds. The van der Waals surface area contributed by atoms with Crippen molar-refractivity contribution in [1.82, 2.24) is 0 Å². The summed E-state index contributed by atoms with van der Waals surface area (Å²) >= 11 is 0. The monoisotopic (exact) mass is 250 g/mol. The number of hydrogen-bond acceptors (Lipinski definition) is 4. The standard InChI is InChI=1S/C13H18N2O3/c1-2-10(14)13(16)15-9-4-5-11-12(8-9)18-7-3-6-17-11/h4-5,8,10H,2-3,6-7,14H2,1H3,(H,15,16)/t10-/m0/s1. The molecule has 2 rings (SSSR count). The third-order valence-corrected chi connectivity index (χ3v) is 2.79. The second-order valence-corrected chi connectivity index (χ2v) is 4.22. The Hall–Kier alpha value is -1.75. The van der Waals surface area contributed by atoms with E-state index in [9.17, 15) is 4.79 Å². The lowest BCUT2D eigenvalue weighted by atomic mass is 10.2. The van der Waals surface area contributed by atoms with Gasteiger partial charge in [0.05, 0.1) is 19.3 Å². The molecule has 5 nitrogen and oxygen atoms in total. The lowest BCUT2D eigenvalue weighted by Crippen LogP contribution is -2.34. The average Bonchev–Trinajstić information content (AvgIpc) is 2.62. The first-order chi connectivity index (χ1) is 8.70. The Morgan fingerprint density at radius 1 is 1.39 bits per heavy atom. The zero-order chi connectivity index (χ0) is 13.0. The number of nitrogens with one attached hydrogen (secondary N) is 1. The zero-order valence-electron chi connectivity index (χ0n) is 10.4. The molecular formula is C13H18N2O3. The molecule has 98 valence electrons. The maximum Gasteiger partial charge on any atom is 0.241 e. The van der Waals surface area contributed by atoms with Crippen LogP contribution in [0.2, 0.25) is 0 Å². The summed E-state index contributed by atoms with van der Waals surface area (Å²) in [7, 11) is 0. The molecule has 1 aliphatic heterocycles. The summed E-state index contributed by atoms with van der Waals surface area (Å²) in [5, 5.41) is 2.76. The van der Waals surface area contributed by atoms with Crippen molar-refractivity contribution < 1.29 is 14.3 Å². The Kier molecular flexibility index (Phi) is 4.04. The predicted octanol–water partition coefficient (Wildman–Crippen LogP) is 1.52. The Labute approximate surface area is 106 Å². The van der Waals surface area contributed by atoms with Gasteiger partial charge < -0.3 is 20.5 Å². The molecule has 3 N–H and O–H groups in total. The van der Waals surface area contributed by atoms with Crippen molar-refractivity contribution in [2.45, 2.75) is 25.8 Å². The van der Waals surface area contributed by atoms with Gasteiger partial charge in [0.25, 0.3) is 0 Å². The first kappa shape index (κ1) is 12.7. The van der Waals surface area contributed by atoms with Crippen molar-refractivity contribution in [3.63, 3.8) is 0 Å². The van der Waals surface area contributed by atoms with E-state index in [1.165, 1.54) is 0 Å². The maximum absolute atomic E-state index is 11.7. The minimum atomic E-state index is -0.485. The van der Waals surface area contributed by atoms with Gasteiger partial charge in [0.1, 0.15) is 0 Å². The summed E-state index contributed by atoms with van der Waals surface area (Å²) < 4.78 is 11.1. The number of benzene rings is 1. The molecule has 1 heterocycles. The van der Waals surface area contributed by atoms with Crippen molar-refractivity contribution in [1.29, 1.82) is 0 Å². The van der Waals surface area contributed by atoms with E-state index in [4.69, 9.17) is 15.2 Å². The SMILES string of the molecule is CC[C@H](N)C(=O)Nc1ccc2c(c1)OCCCO2. The highest BCUT2D eigenvalue weighted by Crippen LogP contribution is 2.32. The molecule has 0 radical (unpaired) electrons. The minimum absolute atomic E-state index is 0.188. The molecule has 1 aromatic carbocycles. The molecule has 0 aliphatic carbocycles. The van der Waals surface area contributed by atoms with E-state index in [2.05, 4.69) is 5.32 Å². The van der Waals surface area contributed by atoms with Gasteiger partial charge in [-0.1, -0.05) is 6.92 Å². The molecule has 5 heteroatoms. The lowest BCUT2D eigenvalue weighted by molar-refractivity contribution is -0.117. The van der Waals surface area contributed by atoms with Crippen molar-refractivity contribution in [2.75, 3.05) is 18.5 Å². The predicted molar refractivity (Wildman–Crippen MR) is 68.9 cm³/mol. The largest absolute Gasteiger partial charge is 0.490 e. The van der Waals surface area contributed by atoms with Gasteiger partial charge in [-0.2, -0.15) is 0 Å². The molecule has 0 unspecified atom stereocenters. The molecule has 0 bridgehead atoms. The van der Waals surface area contributed by atoms with E-state index < -0.39 is 6.04 Å². The van der Waals surface area contributed by atoms with Crippen LogP contribution in [0.4, 0.5) is 5.69 Å². The third kappa shape index (κ3) is 2.92. The van der Waals surface area contributed by atoms with Gasteiger partial charge in [0.2, 0.25) is 5.91 Å². The highest BCUT2D eigenvalue weighted by Gasteiger charge is 2.14. The van der Waals surface area contributed by atoms with Gasteiger partial charge in [-0.25, -0.2) is 0 Å². The summed E-state index contributed by atoms with van der Waals surface area (Å²) in [6, 6.07) is 4.86. The van der Waals surface area contributed by atoms with Crippen molar-refractivity contribution in [3.05, 3.63) is 18.2 Å². The van der Waals surface area contributed by atoms with Crippen molar-refractivity contribution >= 4 is 11.6 Å². The summed E-state index contributed by atoms with van der Waals surface area (Å²) in [6.07, 6.45) is 1.47. The van der Waals surface area contributed by atoms with E-state index in [1.54, 1.807) is 18.2 Å². The summed E-state index contributed by atoms with van der Waals surface area (Å²) in [5.74, 6) is 1.19. The van der Waals surface area contributed by atoms with Crippen LogP contribution in [0, 0.1) is 0 Å². The van der Waals surface area contributed by atoms with Crippen LogP contribution >= 0.6 is 0 Å². The van der Waals surface area contributed by atoms with E-state index in [0.29, 0.717) is 36.8 Å². The zero-order valence-corrected chi connectivity index (χ0v) is 10.4. The molecule has 0 aromatic heterocycles. The highest BCUT2D eigenvalue weighted by molar-refractivity contribution is 5.94. The fourth-order valence-electron chi connectivity index (χ4n) is 1.66. The maximum atomic E-state index is 11.7. The summed E-state index contributed by atoms with van der Waals surface area (Å²) in [4.78, 5) is 11.7. The summed E-state index contributed by atoms with van der Waals surface area (Å²) in [5.41, 5.74) is 6.33. The molecule has 1 atom stereocenters. The molecule has 18 heavy (non-hydrogen) atoms. The second-order valence-electron chi connectivity index (χ2n) is 4.22. The van der Waals surface area contributed by atoms with Gasteiger partial charge in [0, 0.05) is 18.2 Å². The number of ether oxygens (including phenoxy) is 2. The number of amides is 1. The number of hydrogen-bond donors (Lipinski definition) is 2. The second kappa shape index (κ2) is 5.73. The van der Waals surface area contributed by atoms with Gasteiger partial charge >= 0.3 is 0 Å². The van der Waals surface area contributed by atoms with Crippen LogP contribution in [0.5, 0.6) is 11.5 Å². The van der Waals surface area contributed by atoms with Crippen LogP contribution in [0.3, 0.4) is 0 Å². The van der Waals surface area contributed by atoms with Crippen LogP contribution in [0.25, 0.3) is 0 Å². The molecule has 0 saturated heterocycles. The van der Waals surface area contributed by atoms with Crippen molar-refractivity contribution in [3.8, 4) is 11.5 Å². The minimum Gasteiger partial charge on any atom is -0.490 e. The number of carbonyl (C=O) groups is 1. The van der Waals surface area contributed by atoms with Crippen LogP contribution < -0.4 is 20.5 Å². The highest BCUT2D eigenvalue weighted by atomic mass is 16.5. The molecule has 1 aromatic rings. The Morgan fingerprint density at radius 3 is 2.83 bits per heavy atom. The summed E-state index contributed by atoms with van der Waals surface area (Å²) in [6.45, 7) is 3.15. The number of nitrogens with two attached hydrogens (primary N) is 1. The number of fused-ring (bicyclic) bond motifs is 1. The fourth-order valence-corrected chi connectivity index (χ4v) is 1.66. The smallest absolute Gasteiger partial charge is 0.241 e. The van der Waals surface area contributed by atoms with Gasteiger partial charge in [-0.15, -0.1) is 0 Å². The third-order valence-electron chi connectivity index (χ3n) is 2.79. The van der Waals surface area contributed by atoms with Crippen LogP contribution in [-0.4, -0.2) is 25.2 Å².